The molecule has 0 radical (unpaired) electrons. The van der Waals surface area contributed by atoms with Gasteiger partial charge in [-0.2, -0.15) is 0 Å². The van der Waals surface area contributed by atoms with Crippen LogP contribution in [0.15, 0.2) is 42.5 Å². The Morgan fingerprint density at radius 3 is 2.66 bits per heavy atom. The molecule has 2 aromatic carbocycles. The maximum absolute atomic E-state index is 12.8. The molecule has 1 fully saturated rings. The molecule has 0 saturated carbocycles. The third-order valence-electron chi connectivity index (χ3n) is 5.79. The van der Waals surface area contributed by atoms with Crippen LogP contribution in [0.1, 0.15) is 36.0 Å². The standard InChI is InChI=1S/C24H31NO4/c1-18-9-10-21(15-19(18)2)29-17-24(27)11-6-13-25(14-12-24)23(26)16-20-7-4-5-8-22(20)28-3/h4-5,7-10,15,27H,6,11-14,16-17H2,1-3H3. The van der Waals surface area contributed by atoms with Crippen LogP contribution in [0.25, 0.3) is 0 Å². The second-order valence-electron chi connectivity index (χ2n) is 7.98. The number of aliphatic hydroxyl groups is 1. The van der Waals surface area contributed by atoms with E-state index in [1.54, 1.807) is 7.11 Å². The number of aryl methyl sites for hydroxylation is 2. The summed E-state index contributed by atoms with van der Waals surface area (Å²) in [5.74, 6) is 1.57. The lowest BCUT2D eigenvalue weighted by Crippen LogP contribution is -2.38. The van der Waals surface area contributed by atoms with Gasteiger partial charge in [-0.3, -0.25) is 4.79 Å². The molecule has 5 heteroatoms. The van der Waals surface area contributed by atoms with Crippen LogP contribution in [0.2, 0.25) is 0 Å². The zero-order valence-corrected chi connectivity index (χ0v) is 17.6. The van der Waals surface area contributed by atoms with Gasteiger partial charge in [0, 0.05) is 18.7 Å². The smallest absolute Gasteiger partial charge is 0.227 e. The highest BCUT2D eigenvalue weighted by Crippen LogP contribution is 2.26. The molecule has 1 aliphatic rings. The number of nitrogens with zero attached hydrogens (tertiary/aromatic N) is 1. The summed E-state index contributed by atoms with van der Waals surface area (Å²) in [5, 5.41) is 11.0. The number of benzene rings is 2. The molecule has 5 nitrogen and oxygen atoms in total. The number of amides is 1. The van der Waals surface area contributed by atoms with Crippen molar-refractivity contribution in [3.8, 4) is 11.5 Å². The minimum absolute atomic E-state index is 0.0637. The van der Waals surface area contributed by atoms with Crippen LogP contribution >= 0.6 is 0 Å². The fourth-order valence-corrected chi connectivity index (χ4v) is 3.72. The molecule has 1 amide bonds. The molecule has 156 valence electrons. The molecule has 0 aliphatic carbocycles. The quantitative estimate of drug-likeness (QED) is 0.808. The Balaban J connectivity index is 1.57. The van der Waals surface area contributed by atoms with E-state index in [-0.39, 0.29) is 12.5 Å². The molecule has 0 aromatic heterocycles. The lowest BCUT2D eigenvalue weighted by Gasteiger charge is -2.27. The van der Waals surface area contributed by atoms with Gasteiger partial charge in [-0.25, -0.2) is 0 Å². The minimum Gasteiger partial charge on any atom is -0.496 e. The van der Waals surface area contributed by atoms with Crippen molar-refractivity contribution in [3.05, 3.63) is 59.2 Å². The Hall–Kier alpha value is -2.53. The molecule has 1 saturated heterocycles. The Morgan fingerprint density at radius 2 is 1.90 bits per heavy atom. The highest BCUT2D eigenvalue weighted by atomic mass is 16.5. The van der Waals surface area contributed by atoms with Crippen molar-refractivity contribution in [2.24, 2.45) is 0 Å². The topological polar surface area (TPSA) is 59.0 Å². The van der Waals surface area contributed by atoms with Crippen molar-refractivity contribution in [1.82, 2.24) is 4.90 Å². The third-order valence-corrected chi connectivity index (χ3v) is 5.79. The zero-order valence-electron chi connectivity index (χ0n) is 17.6. The van der Waals surface area contributed by atoms with Crippen LogP contribution in [-0.2, 0) is 11.2 Å². The van der Waals surface area contributed by atoms with Crippen LogP contribution in [0.3, 0.4) is 0 Å². The van der Waals surface area contributed by atoms with E-state index >= 15 is 0 Å². The Bertz CT molecular complexity index is 851. The minimum atomic E-state index is -0.918. The molecule has 1 atom stereocenters. The second kappa shape index (κ2) is 9.31. The van der Waals surface area contributed by atoms with Crippen molar-refractivity contribution in [1.29, 1.82) is 0 Å². The van der Waals surface area contributed by atoms with Gasteiger partial charge in [0.15, 0.2) is 0 Å². The normalized spacial score (nSPS) is 19.5. The van der Waals surface area contributed by atoms with E-state index in [1.807, 2.05) is 54.3 Å². The summed E-state index contributed by atoms with van der Waals surface area (Å²) in [6.45, 7) is 5.53. The maximum Gasteiger partial charge on any atom is 0.227 e. The fraction of sp³-hybridized carbons (Fsp3) is 0.458. The first kappa shape index (κ1) is 21.2. The number of hydrogen-bond donors (Lipinski definition) is 1. The Labute approximate surface area is 173 Å². The van der Waals surface area contributed by atoms with E-state index in [0.717, 1.165) is 23.5 Å². The van der Waals surface area contributed by atoms with E-state index in [1.165, 1.54) is 11.1 Å². The van der Waals surface area contributed by atoms with Crippen LogP contribution in [0.4, 0.5) is 0 Å². The van der Waals surface area contributed by atoms with Gasteiger partial charge in [0.25, 0.3) is 0 Å². The molecule has 3 rings (SSSR count). The molecule has 0 bridgehead atoms. The van der Waals surface area contributed by atoms with Gasteiger partial charge in [0.2, 0.25) is 5.91 Å². The van der Waals surface area contributed by atoms with E-state index in [9.17, 15) is 9.90 Å². The molecule has 2 aromatic rings. The summed E-state index contributed by atoms with van der Waals surface area (Å²) < 4.78 is 11.2. The number of carbonyl (C=O) groups is 1. The first-order valence-electron chi connectivity index (χ1n) is 10.2. The summed E-state index contributed by atoms with van der Waals surface area (Å²) in [7, 11) is 1.62. The molecule has 0 spiro atoms. The molecule has 1 heterocycles. The van der Waals surface area contributed by atoms with E-state index in [2.05, 4.69) is 6.92 Å². The number of carbonyl (C=O) groups excluding carboxylic acids is 1. The molecule has 29 heavy (non-hydrogen) atoms. The largest absolute Gasteiger partial charge is 0.496 e. The van der Waals surface area contributed by atoms with Gasteiger partial charge in [-0.15, -0.1) is 0 Å². The molecule has 1 aliphatic heterocycles. The van der Waals surface area contributed by atoms with E-state index in [4.69, 9.17) is 9.47 Å². The van der Waals surface area contributed by atoms with Crippen molar-refractivity contribution in [2.45, 2.75) is 45.1 Å². The molecular formula is C24H31NO4. The second-order valence-corrected chi connectivity index (χ2v) is 7.98. The van der Waals surface area contributed by atoms with Crippen LogP contribution < -0.4 is 9.47 Å². The lowest BCUT2D eigenvalue weighted by atomic mass is 9.96. The van der Waals surface area contributed by atoms with Gasteiger partial charge in [0.05, 0.1) is 13.5 Å². The van der Waals surface area contributed by atoms with Gasteiger partial charge >= 0.3 is 0 Å². The summed E-state index contributed by atoms with van der Waals surface area (Å²) in [4.78, 5) is 14.7. The summed E-state index contributed by atoms with van der Waals surface area (Å²) in [5.41, 5.74) is 2.36. The number of para-hydroxylation sites is 1. The number of ether oxygens (including phenoxy) is 2. The zero-order chi connectivity index (χ0) is 20.9. The molecule has 1 N–H and O–H groups in total. The van der Waals surface area contributed by atoms with Crippen molar-refractivity contribution < 1.29 is 19.4 Å². The predicted octanol–water partition coefficient (Wildman–Crippen LogP) is 3.68. The Kier molecular flexibility index (Phi) is 6.80. The van der Waals surface area contributed by atoms with E-state index < -0.39 is 5.60 Å². The van der Waals surface area contributed by atoms with Crippen LogP contribution in [0.5, 0.6) is 11.5 Å². The first-order chi connectivity index (χ1) is 13.9. The average Bonchev–Trinajstić information content (AvgIpc) is 2.91. The highest BCUT2D eigenvalue weighted by molar-refractivity contribution is 5.79. The fourth-order valence-electron chi connectivity index (χ4n) is 3.72. The van der Waals surface area contributed by atoms with E-state index in [0.29, 0.717) is 32.4 Å². The van der Waals surface area contributed by atoms with Gasteiger partial charge < -0.3 is 19.5 Å². The number of likely N-dealkylation sites (tertiary alicyclic amines) is 1. The van der Waals surface area contributed by atoms with Crippen molar-refractivity contribution >= 4 is 5.91 Å². The number of rotatable bonds is 6. The summed E-state index contributed by atoms with van der Waals surface area (Å²) in [6.07, 6.45) is 2.19. The number of hydrogen-bond acceptors (Lipinski definition) is 4. The van der Waals surface area contributed by atoms with Gasteiger partial charge in [-0.1, -0.05) is 24.3 Å². The number of methoxy groups -OCH3 is 1. The monoisotopic (exact) mass is 397 g/mol. The van der Waals surface area contributed by atoms with Crippen LogP contribution in [0, 0.1) is 13.8 Å². The third kappa shape index (κ3) is 5.51. The maximum atomic E-state index is 12.8. The average molecular weight is 398 g/mol. The Morgan fingerprint density at radius 1 is 1.10 bits per heavy atom. The predicted molar refractivity (Wildman–Crippen MR) is 113 cm³/mol. The van der Waals surface area contributed by atoms with Gasteiger partial charge in [-0.05, 0) is 62.4 Å². The van der Waals surface area contributed by atoms with Crippen molar-refractivity contribution in [2.75, 3.05) is 26.8 Å². The summed E-state index contributed by atoms with van der Waals surface area (Å²) >= 11 is 0. The highest BCUT2D eigenvalue weighted by Gasteiger charge is 2.32. The molecule has 1 unspecified atom stereocenters. The van der Waals surface area contributed by atoms with Gasteiger partial charge in [0.1, 0.15) is 23.7 Å². The summed E-state index contributed by atoms with van der Waals surface area (Å²) in [6, 6.07) is 13.6. The first-order valence-corrected chi connectivity index (χ1v) is 10.2. The molecular weight excluding hydrogens is 366 g/mol. The van der Waals surface area contributed by atoms with Crippen molar-refractivity contribution in [3.63, 3.8) is 0 Å². The van der Waals surface area contributed by atoms with Crippen LogP contribution in [-0.4, -0.2) is 48.3 Å². The lowest BCUT2D eigenvalue weighted by molar-refractivity contribution is -0.130. The SMILES string of the molecule is COc1ccccc1CC(=O)N1CCCC(O)(COc2ccc(C)c(C)c2)CC1.